The monoisotopic (exact) mass is 1020 g/mol. The number of aliphatic hydroxyl groups excluding tert-OH is 1. The van der Waals surface area contributed by atoms with E-state index in [1.165, 1.54) is 6.20 Å². The summed E-state index contributed by atoms with van der Waals surface area (Å²) in [5.74, 6) is 0.755. The number of ether oxygens (including phenoxy) is 5. The fraction of sp³-hybridized carbons (Fsp3) is 0.795. The van der Waals surface area contributed by atoms with Gasteiger partial charge in [0.1, 0.15) is 28.2 Å². The van der Waals surface area contributed by atoms with Crippen LogP contribution in [0.1, 0.15) is 141 Å². The average Bonchev–Trinajstić information content (AvgIpc) is 4.00. The number of azide groups is 1. The average molecular weight is 1020 g/mol. The number of carbonyl (C=O) groups is 5. The molecule has 1 aromatic heterocycles. The number of nitrogens with zero attached hydrogens (tertiary/aromatic N) is 5. The molecule has 5 atom stereocenters. The lowest BCUT2D eigenvalue weighted by Gasteiger charge is -2.21. The lowest BCUT2D eigenvalue weighted by molar-refractivity contribution is 0.0466. The number of rotatable bonds is 17. The zero-order chi connectivity index (χ0) is 55.1. The summed E-state index contributed by atoms with van der Waals surface area (Å²) in [5.41, 5.74) is 22.7. The molecule has 1 aromatic rings. The molecule has 0 radical (unpaired) electrons. The minimum absolute atomic E-state index is 0.00394. The molecule has 0 spiro atoms. The van der Waals surface area contributed by atoms with Gasteiger partial charge in [-0.25, -0.2) is 24.2 Å². The molecule has 0 saturated heterocycles. The van der Waals surface area contributed by atoms with Gasteiger partial charge in [0.15, 0.2) is 0 Å². The van der Waals surface area contributed by atoms with Gasteiger partial charge in [-0.05, 0) is 136 Å². The topological polar surface area (TPSA) is 377 Å². The molecule has 0 aliphatic heterocycles. The Morgan fingerprint density at radius 3 is 1.53 bits per heavy atom. The summed E-state index contributed by atoms with van der Waals surface area (Å²) < 4.78 is 25.0. The molecule has 26 heteroatoms. The molecule has 0 unspecified atom stereocenters. The summed E-state index contributed by atoms with van der Waals surface area (Å²) in [7, 11) is 0. The minimum atomic E-state index is -0.531. The first-order valence-corrected chi connectivity index (χ1v) is 23.5. The van der Waals surface area contributed by atoms with Gasteiger partial charge in [-0.3, -0.25) is 4.79 Å². The molecule has 1 fully saturated rings. The van der Waals surface area contributed by atoms with Gasteiger partial charge >= 0.3 is 24.4 Å². The number of aromatic nitrogens is 2. The molecular formula is C44H88N14O11S. The van der Waals surface area contributed by atoms with Crippen LogP contribution in [-0.4, -0.2) is 143 Å². The number of aliphatic hydroxyl groups is 1. The number of hydrogen-bond donors (Lipinski definition) is 11. The molecule has 0 bridgehead atoms. The second-order valence-corrected chi connectivity index (χ2v) is 20.4. The van der Waals surface area contributed by atoms with E-state index in [0.717, 1.165) is 12.8 Å². The predicted octanol–water partition coefficient (Wildman–Crippen LogP) is 5.67. The van der Waals surface area contributed by atoms with E-state index in [1.807, 2.05) is 62.3 Å². The van der Waals surface area contributed by atoms with Crippen molar-refractivity contribution in [3.8, 4) is 0 Å². The molecule has 1 aliphatic rings. The number of anilines is 2. The van der Waals surface area contributed by atoms with Gasteiger partial charge in [-0.1, -0.05) is 5.11 Å². The van der Waals surface area contributed by atoms with E-state index in [0.29, 0.717) is 49.0 Å². The summed E-state index contributed by atoms with van der Waals surface area (Å²) >= 11 is 3.89. The smallest absolute Gasteiger partial charge is 0.407 e. The summed E-state index contributed by atoms with van der Waals surface area (Å²) in [5, 5.41) is 28.4. The van der Waals surface area contributed by atoms with Crippen molar-refractivity contribution in [1.29, 1.82) is 0 Å². The number of alkyl carbamates (subject to hydrolysis) is 4. The van der Waals surface area contributed by atoms with Crippen molar-refractivity contribution in [2.24, 2.45) is 22.3 Å². The highest BCUT2D eigenvalue weighted by molar-refractivity contribution is 7.80. The van der Waals surface area contributed by atoms with Crippen molar-refractivity contribution in [3.05, 3.63) is 22.2 Å². The Morgan fingerprint density at radius 1 is 0.771 bits per heavy atom. The largest absolute Gasteiger partial charge is 0.444 e. The van der Waals surface area contributed by atoms with Gasteiger partial charge in [-0.15, -0.1) is 0 Å². The fourth-order valence-electron chi connectivity index (χ4n) is 4.05. The first-order valence-electron chi connectivity index (χ1n) is 22.9. The molecule has 5 amide bonds. The quantitative estimate of drug-likeness (QED) is 0.0223. The third-order valence-electron chi connectivity index (χ3n) is 7.11. The van der Waals surface area contributed by atoms with Crippen LogP contribution in [0.5, 0.6) is 0 Å². The molecule has 406 valence electrons. The van der Waals surface area contributed by atoms with E-state index in [2.05, 4.69) is 64.5 Å². The fourth-order valence-corrected chi connectivity index (χ4v) is 4.15. The van der Waals surface area contributed by atoms with Crippen molar-refractivity contribution in [2.75, 3.05) is 49.4 Å². The first kappa shape index (κ1) is 69.0. The predicted molar refractivity (Wildman–Crippen MR) is 275 cm³/mol. The van der Waals surface area contributed by atoms with E-state index < -0.39 is 52.7 Å². The lowest BCUT2D eigenvalue weighted by Crippen LogP contribution is -2.41. The summed E-state index contributed by atoms with van der Waals surface area (Å²) in [6.07, 6.45) is 1.77. The Balaban J connectivity index is -0.000000810. The number of amides is 5. The molecule has 2 rings (SSSR count). The van der Waals surface area contributed by atoms with E-state index in [4.69, 9.17) is 51.5 Å². The van der Waals surface area contributed by atoms with Crippen molar-refractivity contribution < 1.29 is 52.8 Å². The standard InChI is InChI=1S/C11H18N6O.C9H19NO3S.C8H16N4O2.C8H18N2O2.C8H17NO3/c1-6(12)4-14-11-15-5-8(9(13)18)10(17-11)16-7-2-3-7;1-7(5-12-6-14)10-8(11)13-9(2,3)4;1-6(5-10-12-9)11-7(13)14-8(2,3)4;1-6(5-9)10-7(11)12-8(2,3)4;1-6(5-10)9-7(11)12-8(2,3)4/h5-7H,2-4,12H2,1H3,(H2,13,18)(H2,14,15,16,17);7,14H,5-6H2,1-4H3,(H,10,11);6H,5H2,1-4H3,(H,11,13);6H,5,9H2,1-4H3,(H,10,11);6,10H,5H2,1-4H3,(H,9,11)/t6-;7-;3*6-/m00000/s1. The van der Waals surface area contributed by atoms with Gasteiger partial charge in [0.25, 0.3) is 5.91 Å². The highest BCUT2D eigenvalue weighted by Crippen LogP contribution is 2.26. The summed E-state index contributed by atoms with van der Waals surface area (Å²) in [4.78, 5) is 66.6. The number of nitrogens with one attached hydrogen (secondary N) is 6. The van der Waals surface area contributed by atoms with Crippen molar-refractivity contribution in [2.45, 2.75) is 189 Å². The number of thiol groups is 1. The van der Waals surface area contributed by atoms with E-state index in [1.54, 1.807) is 55.4 Å². The van der Waals surface area contributed by atoms with Crippen LogP contribution in [0.2, 0.25) is 0 Å². The Bertz CT molecular complexity index is 1690. The van der Waals surface area contributed by atoms with Crippen LogP contribution in [0.15, 0.2) is 11.3 Å². The lowest BCUT2D eigenvalue weighted by atomic mass is 10.2. The molecule has 1 heterocycles. The van der Waals surface area contributed by atoms with Crippen LogP contribution >= 0.6 is 12.6 Å². The second kappa shape index (κ2) is 34.9. The Hall–Kier alpha value is -5.27. The van der Waals surface area contributed by atoms with Gasteiger partial charge in [0.05, 0.1) is 36.8 Å². The molecule has 13 N–H and O–H groups in total. The van der Waals surface area contributed by atoms with Crippen molar-refractivity contribution in [1.82, 2.24) is 31.2 Å². The highest BCUT2D eigenvalue weighted by Gasteiger charge is 2.25. The molecule has 0 aromatic carbocycles. The zero-order valence-electron chi connectivity index (χ0n) is 44.6. The Morgan fingerprint density at radius 2 is 1.19 bits per heavy atom. The second-order valence-electron chi connectivity index (χ2n) is 20.1. The Labute approximate surface area is 420 Å². The maximum Gasteiger partial charge on any atom is 0.407 e. The van der Waals surface area contributed by atoms with Gasteiger partial charge in [-0.2, -0.15) is 17.6 Å². The van der Waals surface area contributed by atoms with E-state index in [9.17, 15) is 24.0 Å². The van der Waals surface area contributed by atoms with Crippen LogP contribution in [0, 0.1) is 0 Å². The first-order chi connectivity index (χ1) is 32.0. The molecule has 1 aliphatic carbocycles. The van der Waals surface area contributed by atoms with Crippen LogP contribution in [0.3, 0.4) is 0 Å². The summed E-state index contributed by atoms with van der Waals surface area (Å²) in [6, 6.07) is -0.207. The highest BCUT2D eigenvalue weighted by atomic mass is 32.1. The van der Waals surface area contributed by atoms with Crippen molar-refractivity contribution >= 4 is 54.7 Å². The summed E-state index contributed by atoms with van der Waals surface area (Å²) in [6.45, 7) is 32.2. The Kier molecular flexibility index (Phi) is 34.4. The zero-order valence-corrected chi connectivity index (χ0v) is 45.5. The van der Waals surface area contributed by atoms with E-state index in [-0.39, 0.29) is 43.4 Å². The number of carbonyl (C=O) groups excluding carboxylic acids is 5. The van der Waals surface area contributed by atoms with Crippen LogP contribution < -0.4 is 49.1 Å². The third kappa shape index (κ3) is 46.5. The number of hydrogen-bond acceptors (Lipinski definition) is 19. The maximum atomic E-state index is 11.3. The molecule has 1 saturated carbocycles. The van der Waals surface area contributed by atoms with Crippen molar-refractivity contribution in [3.63, 3.8) is 0 Å². The molecular weight excluding hydrogens is 933 g/mol. The molecule has 70 heavy (non-hydrogen) atoms. The van der Waals surface area contributed by atoms with Gasteiger partial charge < -0.3 is 77.9 Å². The normalized spacial score (nSPS) is 14.1. The minimum Gasteiger partial charge on any atom is -0.444 e. The third-order valence-corrected chi connectivity index (χ3v) is 7.29. The maximum absolute atomic E-state index is 11.3. The van der Waals surface area contributed by atoms with Crippen LogP contribution in [0.4, 0.5) is 30.9 Å². The van der Waals surface area contributed by atoms with Gasteiger partial charge in [0, 0.05) is 54.9 Å². The number of nitrogens with two attached hydrogens (primary N) is 3. The van der Waals surface area contributed by atoms with Gasteiger partial charge in [0.2, 0.25) is 5.95 Å². The van der Waals surface area contributed by atoms with Crippen LogP contribution in [0.25, 0.3) is 10.4 Å². The molecule has 25 nitrogen and oxygen atoms in total. The van der Waals surface area contributed by atoms with E-state index >= 15 is 0 Å². The number of primary amides is 1. The SMILES string of the molecule is C[C@@H](CN)NC(=O)OC(C)(C)C.C[C@@H](CN=[N+]=[N-])NC(=O)OC(C)(C)C.C[C@@H](CO)NC(=O)OC(C)(C)C.C[C@@H](COCS)NC(=O)OC(C)(C)C.C[C@H](N)CNc1ncc(C(N)=O)c(NC2CC2)n1. The van der Waals surface area contributed by atoms with Crippen LogP contribution in [-0.2, 0) is 23.7 Å².